The number of aromatic nitrogens is 1. The molecule has 0 radical (unpaired) electrons. The Kier molecular flexibility index (Phi) is 6.93. The van der Waals surface area contributed by atoms with E-state index in [-0.39, 0.29) is 0 Å². The van der Waals surface area contributed by atoms with Crippen molar-refractivity contribution in [2.24, 2.45) is 0 Å². The second-order valence-corrected chi connectivity index (χ2v) is 3.68. The summed E-state index contributed by atoms with van der Waals surface area (Å²) in [6.07, 6.45) is 2.25. The lowest BCUT2D eigenvalue weighted by Gasteiger charge is -2.06. The molecule has 0 aromatic carbocycles. The van der Waals surface area contributed by atoms with E-state index in [1.807, 2.05) is 18.2 Å². The van der Waals surface area contributed by atoms with Crippen LogP contribution in [0.3, 0.4) is 0 Å². The first-order valence-electron chi connectivity index (χ1n) is 5.59. The summed E-state index contributed by atoms with van der Waals surface area (Å²) in [6, 6.07) is 5.58. The molecule has 1 aromatic heterocycles. The Balaban J connectivity index is 2.16. The predicted molar refractivity (Wildman–Crippen MR) is 65.0 cm³/mol. The van der Waals surface area contributed by atoms with Gasteiger partial charge in [-0.1, -0.05) is 19.4 Å². The Hall–Kier alpha value is -0.800. The Labute approximate surface area is 102 Å². The van der Waals surface area contributed by atoms with Gasteiger partial charge in [0, 0.05) is 12.7 Å². The number of rotatable bonds is 8. The highest BCUT2D eigenvalue weighted by atomic mass is 35.5. The van der Waals surface area contributed by atoms with Crippen molar-refractivity contribution in [1.29, 1.82) is 0 Å². The van der Waals surface area contributed by atoms with Crippen molar-refractivity contribution in [3.05, 3.63) is 23.9 Å². The van der Waals surface area contributed by atoms with Gasteiger partial charge in [0.1, 0.15) is 6.61 Å². The van der Waals surface area contributed by atoms with E-state index in [2.05, 4.69) is 11.9 Å². The molecule has 0 unspecified atom stereocenters. The molecule has 0 fully saturated rings. The second-order valence-electron chi connectivity index (χ2n) is 3.42. The van der Waals surface area contributed by atoms with Crippen molar-refractivity contribution in [2.75, 3.05) is 19.8 Å². The van der Waals surface area contributed by atoms with Crippen molar-refractivity contribution >= 4 is 11.6 Å². The number of hydrogen-bond acceptors (Lipinski definition) is 3. The molecule has 0 aliphatic carbocycles. The van der Waals surface area contributed by atoms with E-state index < -0.39 is 0 Å². The van der Waals surface area contributed by atoms with Crippen LogP contribution in [0.15, 0.2) is 18.2 Å². The third-order valence-electron chi connectivity index (χ3n) is 2.04. The Morgan fingerprint density at radius 2 is 2.12 bits per heavy atom. The van der Waals surface area contributed by atoms with Crippen molar-refractivity contribution < 1.29 is 9.47 Å². The summed E-state index contributed by atoms with van der Waals surface area (Å²) in [4.78, 5) is 4.22. The molecule has 0 aliphatic heterocycles. The maximum Gasteiger partial charge on any atom is 0.213 e. The molecule has 1 aromatic rings. The number of unbranched alkanes of at least 4 members (excludes halogenated alkanes) is 1. The highest BCUT2D eigenvalue weighted by Crippen LogP contribution is 2.08. The highest BCUT2D eigenvalue weighted by molar-refractivity contribution is 6.16. The molecule has 0 saturated heterocycles. The van der Waals surface area contributed by atoms with Crippen LogP contribution in [0.4, 0.5) is 0 Å². The molecule has 0 aliphatic rings. The van der Waals surface area contributed by atoms with Crippen LogP contribution >= 0.6 is 11.6 Å². The summed E-state index contributed by atoms with van der Waals surface area (Å²) >= 11 is 5.67. The van der Waals surface area contributed by atoms with Crippen LogP contribution < -0.4 is 4.74 Å². The Morgan fingerprint density at radius 3 is 2.88 bits per heavy atom. The minimum Gasteiger partial charge on any atom is -0.475 e. The zero-order chi connectivity index (χ0) is 11.6. The summed E-state index contributed by atoms with van der Waals surface area (Å²) in [7, 11) is 0. The summed E-state index contributed by atoms with van der Waals surface area (Å²) in [5.74, 6) is 1.02. The van der Waals surface area contributed by atoms with Gasteiger partial charge in [-0.2, -0.15) is 0 Å². The number of alkyl halides is 1. The van der Waals surface area contributed by atoms with Crippen LogP contribution in [0.1, 0.15) is 25.5 Å². The third kappa shape index (κ3) is 5.33. The van der Waals surface area contributed by atoms with Crippen LogP contribution in [0.5, 0.6) is 5.88 Å². The molecule has 0 spiro atoms. The zero-order valence-corrected chi connectivity index (χ0v) is 10.4. The Bertz CT molecular complexity index is 294. The minimum absolute atomic E-state index is 0.407. The van der Waals surface area contributed by atoms with Crippen LogP contribution in [0, 0.1) is 0 Å². The van der Waals surface area contributed by atoms with Crippen LogP contribution in [-0.4, -0.2) is 24.8 Å². The monoisotopic (exact) mass is 243 g/mol. The van der Waals surface area contributed by atoms with Gasteiger partial charge in [0.25, 0.3) is 0 Å². The molecule has 3 nitrogen and oxygen atoms in total. The van der Waals surface area contributed by atoms with Gasteiger partial charge >= 0.3 is 0 Å². The first-order valence-corrected chi connectivity index (χ1v) is 6.12. The lowest BCUT2D eigenvalue weighted by Crippen LogP contribution is -2.08. The van der Waals surface area contributed by atoms with E-state index in [9.17, 15) is 0 Å². The molecule has 0 saturated carbocycles. The molecular formula is C12H18ClNO2. The Morgan fingerprint density at radius 1 is 1.25 bits per heavy atom. The molecule has 1 rings (SSSR count). The normalized spacial score (nSPS) is 10.4. The number of ether oxygens (including phenoxy) is 2. The van der Waals surface area contributed by atoms with Gasteiger partial charge in [0.15, 0.2) is 0 Å². The van der Waals surface area contributed by atoms with Gasteiger partial charge in [0.2, 0.25) is 5.88 Å². The van der Waals surface area contributed by atoms with Crippen molar-refractivity contribution in [3.63, 3.8) is 0 Å². The van der Waals surface area contributed by atoms with Crippen LogP contribution in [0.2, 0.25) is 0 Å². The fourth-order valence-corrected chi connectivity index (χ4v) is 1.31. The lowest BCUT2D eigenvalue weighted by molar-refractivity contribution is 0.0964. The van der Waals surface area contributed by atoms with E-state index in [1.54, 1.807) is 0 Å². The van der Waals surface area contributed by atoms with Crippen LogP contribution in [0.25, 0.3) is 0 Å². The largest absolute Gasteiger partial charge is 0.475 e. The topological polar surface area (TPSA) is 31.4 Å². The molecule has 0 N–H and O–H groups in total. The van der Waals surface area contributed by atoms with E-state index >= 15 is 0 Å². The molecule has 0 amide bonds. The van der Waals surface area contributed by atoms with Crippen molar-refractivity contribution in [2.45, 2.75) is 25.6 Å². The SMILES string of the molecule is CCCCOCCOc1cccc(CCl)n1. The quantitative estimate of drug-likeness (QED) is 0.520. The van der Waals surface area contributed by atoms with Gasteiger partial charge in [-0.3, -0.25) is 0 Å². The van der Waals surface area contributed by atoms with E-state index in [1.165, 1.54) is 0 Å². The summed E-state index contributed by atoms with van der Waals surface area (Å²) in [6.45, 7) is 4.08. The van der Waals surface area contributed by atoms with E-state index in [0.717, 1.165) is 25.1 Å². The van der Waals surface area contributed by atoms with Gasteiger partial charge in [-0.25, -0.2) is 4.98 Å². The fourth-order valence-electron chi connectivity index (χ4n) is 1.17. The van der Waals surface area contributed by atoms with Crippen LogP contribution in [-0.2, 0) is 10.6 Å². The smallest absolute Gasteiger partial charge is 0.213 e. The van der Waals surface area contributed by atoms with Gasteiger partial charge in [-0.15, -0.1) is 11.6 Å². The van der Waals surface area contributed by atoms with Gasteiger partial charge < -0.3 is 9.47 Å². The first kappa shape index (κ1) is 13.3. The molecule has 4 heteroatoms. The average molecular weight is 244 g/mol. The summed E-state index contributed by atoms with van der Waals surface area (Å²) < 4.78 is 10.8. The maximum atomic E-state index is 5.67. The van der Waals surface area contributed by atoms with Gasteiger partial charge in [-0.05, 0) is 12.5 Å². The number of hydrogen-bond donors (Lipinski definition) is 0. The second kappa shape index (κ2) is 8.36. The fraction of sp³-hybridized carbons (Fsp3) is 0.583. The standard InChI is InChI=1S/C12H18ClNO2/c1-2-3-7-15-8-9-16-12-6-4-5-11(10-13)14-12/h4-6H,2-3,7-10H2,1H3. The summed E-state index contributed by atoms with van der Waals surface area (Å²) in [5.41, 5.74) is 0.825. The van der Waals surface area contributed by atoms with Crippen molar-refractivity contribution in [1.82, 2.24) is 4.98 Å². The highest BCUT2D eigenvalue weighted by Gasteiger charge is 1.97. The predicted octanol–water partition coefficient (Wildman–Crippen LogP) is 3.02. The van der Waals surface area contributed by atoms with E-state index in [4.69, 9.17) is 21.1 Å². The lowest BCUT2D eigenvalue weighted by atomic mass is 10.4. The first-order chi connectivity index (χ1) is 7.86. The molecule has 1 heterocycles. The zero-order valence-electron chi connectivity index (χ0n) is 9.62. The number of nitrogens with zero attached hydrogens (tertiary/aromatic N) is 1. The molecule has 0 atom stereocenters. The van der Waals surface area contributed by atoms with Crippen molar-refractivity contribution in [3.8, 4) is 5.88 Å². The van der Waals surface area contributed by atoms with Gasteiger partial charge in [0.05, 0.1) is 18.2 Å². The number of pyridine rings is 1. The third-order valence-corrected chi connectivity index (χ3v) is 2.31. The molecule has 0 bridgehead atoms. The summed E-state index contributed by atoms with van der Waals surface area (Å²) in [5, 5.41) is 0. The molecule has 90 valence electrons. The molecular weight excluding hydrogens is 226 g/mol. The molecule has 16 heavy (non-hydrogen) atoms. The average Bonchev–Trinajstić information content (AvgIpc) is 2.34. The maximum absolute atomic E-state index is 5.67. The van der Waals surface area contributed by atoms with E-state index in [0.29, 0.717) is 25.0 Å². The minimum atomic E-state index is 0.407. The number of halogens is 1.